The maximum absolute atomic E-state index is 11.9. The Bertz CT molecular complexity index is 341. The van der Waals surface area contributed by atoms with E-state index in [1.165, 1.54) is 4.90 Å². The van der Waals surface area contributed by atoms with Crippen LogP contribution < -0.4 is 0 Å². The van der Waals surface area contributed by atoms with Gasteiger partial charge in [-0.15, -0.1) is 0 Å². The fourth-order valence-electron chi connectivity index (χ4n) is 1.83. The van der Waals surface area contributed by atoms with Crippen molar-refractivity contribution < 1.29 is 22.7 Å². The summed E-state index contributed by atoms with van der Waals surface area (Å²) in [5.41, 5.74) is -0.157. The van der Waals surface area contributed by atoms with Gasteiger partial charge in [0.2, 0.25) is 0 Å². The van der Waals surface area contributed by atoms with Crippen LogP contribution in [0.1, 0.15) is 26.2 Å². The third-order valence-electron chi connectivity index (χ3n) is 3.09. The summed E-state index contributed by atoms with van der Waals surface area (Å²) in [6, 6.07) is 2.08. The van der Waals surface area contributed by atoms with E-state index in [0.29, 0.717) is 32.4 Å². The molecule has 1 aliphatic heterocycles. The molecule has 0 N–H and O–H groups in total. The average molecular weight is 264 g/mol. The van der Waals surface area contributed by atoms with Crippen molar-refractivity contribution in [3.05, 3.63) is 0 Å². The van der Waals surface area contributed by atoms with Crippen LogP contribution in [0.15, 0.2) is 0 Å². The van der Waals surface area contributed by atoms with Gasteiger partial charge in [0.25, 0.3) is 0 Å². The normalized spacial score (nSPS) is 19.2. The molecular formula is C11H15F3N2O2. The lowest BCUT2D eigenvalue weighted by atomic mass is 9.78. The lowest BCUT2D eigenvalue weighted by Gasteiger charge is -2.37. The van der Waals surface area contributed by atoms with Crippen molar-refractivity contribution in [2.45, 2.75) is 32.4 Å². The van der Waals surface area contributed by atoms with Crippen molar-refractivity contribution in [1.29, 1.82) is 5.26 Å². The number of alkyl halides is 3. The fourth-order valence-corrected chi connectivity index (χ4v) is 1.83. The standard InChI is InChI=1S/C11H15F3N2O2/c1-10(2-5-15)3-6-16(7-4-10)9(17)18-8-11(12,13)14/h2-4,6-8H2,1H3. The van der Waals surface area contributed by atoms with Gasteiger partial charge in [-0.1, -0.05) is 6.92 Å². The molecule has 0 unspecified atom stereocenters. The summed E-state index contributed by atoms with van der Waals surface area (Å²) in [4.78, 5) is 12.6. The molecule has 7 heteroatoms. The molecule has 18 heavy (non-hydrogen) atoms. The Morgan fingerprint density at radius 3 is 2.44 bits per heavy atom. The van der Waals surface area contributed by atoms with Gasteiger partial charge in [-0.2, -0.15) is 18.4 Å². The molecule has 1 aliphatic rings. The minimum atomic E-state index is -4.50. The molecule has 0 aromatic carbocycles. The van der Waals surface area contributed by atoms with Crippen molar-refractivity contribution in [3.8, 4) is 6.07 Å². The van der Waals surface area contributed by atoms with Crippen molar-refractivity contribution >= 4 is 6.09 Å². The summed E-state index contributed by atoms with van der Waals surface area (Å²) in [6.07, 6.45) is -3.85. The SMILES string of the molecule is CC1(CC#N)CCN(C(=O)OCC(F)(F)F)CC1. The number of carbonyl (C=O) groups excluding carboxylic acids is 1. The molecule has 0 atom stereocenters. The number of hydrogen-bond acceptors (Lipinski definition) is 3. The predicted octanol–water partition coefficient (Wildman–Crippen LogP) is 2.70. The van der Waals surface area contributed by atoms with Crippen LogP contribution in [-0.2, 0) is 4.74 Å². The highest BCUT2D eigenvalue weighted by molar-refractivity contribution is 5.67. The van der Waals surface area contributed by atoms with Gasteiger partial charge in [0.15, 0.2) is 6.61 Å². The minimum Gasteiger partial charge on any atom is -0.440 e. The monoisotopic (exact) mass is 264 g/mol. The van der Waals surface area contributed by atoms with Gasteiger partial charge in [0.05, 0.1) is 6.07 Å². The van der Waals surface area contributed by atoms with E-state index in [0.717, 1.165) is 0 Å². The molecule has 102 valence electrons. The largest absolute Gasteiger partial charge is 0.440 e. The van der Waals surface area contributed by atoms with E-state index in [-0.39, 0.29) is 5.41 Å². The first kappa shape index (κ1) is 14.6. The van der Waals surface area contributed by atoms with Crippen LogP contribution in [0, 0.1) is 16.7 Å². The van der Waals surface area contributed by atoms with Crippen molar-refractivity contribution in [2.75, 3.05) is 19.7 Å². The smallest absolute Gasteiger partial charge is 0.422 e. The number of ether oxygens (including phenoxy) is 1. The lowest BCUT2D eigenvalue weighted by molar-refractivity contribution is -0.162. The molecule has 0 aromatic rings. The molecular weight excluding hydrogens is 249 g/mol. The quantitative estimate of drug-likeness (QED) is 0.770. The average Bonchev–Trinajstić information content (AvgIpc) is 2.26. The Hall–Kier alpha value is -1.45. The summed E-state index contributed by atoms with van der Waals surface area (Å²) < 4.78 is 39.8. The molecule has 0 aromatic heterocycles. The Morgan fingerprint density at radius 1 is 1.44 bits per heavy atom. The van der Waals surface area contributed by atoms with Crippen molar-refractivity contribution in [3.63, 3.8) is 0 Å². The highest BCUT2D eigenvalue weighted by Gasteiger charge is 2.34. The molecule has 1 fully saturated rings. The third-order valence-corrected chi connectivity index (χ3v) is 3.09. The minimum absolute atomic E-state index is 0.157. The van der Waals surface area contributed by atoms with E-state index in [4.69, 9.17) is 5.26 Å². The highest BCUT2D eigenvalue weighted by Crippen LogP contribution is 2.34. The fraction of sp³-hybridized carbons (Fsp3) is 0.818. The second kappa shape index (κ2) is 5.46. The predicted molar refractivity (Wildman–Crippen MR) is 56.5 cm³/mol. The van der Waals surface area contributed by atoms with E-state index in [1.54, 1.807) is 0 Å². The molecule has 1 rings (SSSR count). The summed E-state index contributed by atoms with van der Waals surface area (Å²) in [7, 11) is 0. The number of carbonyl (C=O) groups is 1. The zero-order valence-electron chi connectivity index (χ0n) is 10.1. The molecule has 1 saturated heterocycles. The summed E-state index contributed by atoms with van der Waals surface area (Å²) in [6.45, 7) is 1.04. The Morgan fingerprint density at radius 2 is 2.00 bits per heavy atom. The second-order valence-electron chi connectivity index (χ2n) is 4.80. The van der Waals surface area contributed by atoms with Crippen molar-refractivity contribution in [1.82, 2.24) is 4.90 Å². The first-order chi connectivity index (χ1) is 8.26. The van der Waals surface area contributed by atoms with Gasteiger partial charge >= 0.3 is 12.3 Å². The van der Waals surface area contributed by atoms with Crippen LogP contribution in [0.4, 0.5) is 18.0 Å². The van der Waals surface area contributed by atoms with Crippen LogP contribution in [0.2, 0.25) is 0 Å². The summed E-state index contributed by atoms with van der Waals surface area (Å²) in [5.74, 6) is 0. The number of amides is 1. The molecule has 0 radical (unpaired) electrons. The van der Waals surface area contributed by atoms with E-state index in [9.17, 15) is 18.0 Å². The van der Waals surface area contributed by atoms with Gasteiger partial charge in [0.1, 0.15) is 0 Å². The van der Waals surface area contributed by atoms with E-state index in [1.807, 2.05) is 6.92 Å². The van der Waals surface area contributed by atoms with E-state index in [2.05, 4.69) is 10.8 Å². The van der Waals surface area contributed by atoms with Crippen LogP contribution in [0.5, 0.6) is 0 Å². The Balaban J connectivity index is 2.39. The first-order valence-electron chi connectivity index (χ1n) is 5.61. The summed E-state index contributed by atoms with van der Waals surface area (Å²) in [5, 5.41) is 8.65. The molecule has 1 amide bonds. The van der Waals surface area contributed by atoms with Crippen LogP contribution in [-0.4, -0.2) is 36.9 Å². The van der Waals surface area contributed by atoms with Gasteiger partial charge in [-0.3, -0.25) is 0 Å². The lowest BCUT2D eigenvalue weighted by Crippen LogP contribution is -2.43. The number of piperidine rings is 1. The Kier molecular flexibility index (Phi) is 4.43. The highest BCUT2D eigenvalue weighted by atomic mass is 19.4. The summed E-state index contributed by atoms with van der Waals surface area (Å²) >= 11 is 0. The number of nitriles is 1. The topological polar surface area (TPSA) is 53.3 Å². The van der Waals surface area contributed by atoms with E-state index >= 15 is 0 Å². The van der Waals surface area contributed by atoms with Gasteiger partial charge in [-0.05, 0) is 18.3 Å². The van der Waals surface area contributed by atoms with Gasteiger partial charge in [-0.25, -0.2) is 4.79 Å². The zero-order valence-corrected chi connectivity index (χ0v) is 10.1. The molecule has 1 heterocycles. The molecule has 4 nitrogen and oxygen atoms in total. The van der Waals surface area contributed by atoms with Crippen LogP contribution in [0.3, 0.4) is 0 Å². The van der Waals surface area contributed by atoms with Gasteiger partial charge < -0.3 is 9.64 Å². The van der Waals surface area contributed by atoms with Gasteiger partial charge in [0, 0.05) is 19.5 Å². The Labute approximate surface area is 103 Å². The second-order valence-corrected chi connectivity index (χ2v) is 4.80. The molecule has 0 aliphatic carbocycles. The molecule has 0 saturated carbocycles. The molecule has 0 spiro atoms. The number of halogens is 3. The van der Waals surface area contributed by atoms with Crippen LogP contribution >= 0.6 is 0 Å². The van der Waals surface area contributed by atoms with Crippen LogP contribution in [0.25, 0.3) is 0 Å². The number of rotatable bonds is 2. The maximum atomic E-state index is 11.9. The number of likely N-dealkylation sites (tertiary alicyclic amines) is 1. The maximum Gasteiger partial charge on any atom is 0.422 e. The molecule has 0 bridgehead atoms. The third kappa shape index (κ3) is 4.43. The zero-order chi connectivity index (χ0) is 13.8. The van der Waals surface area contributed by atoms with Crippen molar-refractivity contribution in [2.24, 2.45) is 5.41 Å². The first-order valence-corrected chi connectivity index (χ1v) is 5.61. The van der Waals surface area contributed by atoms with E-state index < -0.39 is 18.9 Å². The number of nitrogens with zero attached hydrogens (tertiary/aromatic N) is 2. The number of hydrogen-bond donors (Lipinski definition) is 0.